The fourth-order valence-electron chi connectivity index (χ4n) is 2.35. The SMILES string of the molecule is CCCS(=O)(=O)OS(C)(C)CC(=O)c1ccc2ccccc2c1. The maximum atomic E-state index is 12.5. The van der Waals surface area contributed by atoms with Crippen molar-refractivity contribution in [2.45, 2.75) is 13.3 Å². The first kappa shape index (κ1) is 18.0. The first-order valence-electron chi connectivity index (χ1n) is 7.39. The number of Topliss-reactive ketones (excluding diaryl/α,β-unsaturated/α-hetero) is 1. The van der Waals surface area contributed by atoms with Gasteiger partial charge in [0.1, 0.15) is 0 Å². The Labute approximate surface area is 139 Å². The quantitative estimate of drug-likeness (QED) is 0.710. The average Bonchev–Trinajstić information content (AvgIpc) is 2.44. The Morgan fingerprint density at radius 2 is 1.70 bits per heavy atom. The van der Waals surface area contributed by atoms with Crippen molar-refractivity contribution in [1.29, 1.82) is 0 Å². The number of benzene rings is 2. The molecule has 0 aliphatic heterocycles. The summed E-state index contributed by atoms with van der Waals surface area (Å²) in [5, 5.41) is 2.06. The van der Waals surface area contributed by atoms with Gasteiger partial charge in [0.2, 0.25) is 0 Å². The molecule has 0 N–H and O–H groups in total. The topological polar surface area (TPSA) is 60.4 Å². The number of rotatable bonds is 7. The van der Waals surface area contributed by atoms with E-state index in [1.165, 1.54) is 0 Å². The van der Waals surface area contributed by atoms with Gasteiger partial charge in [0.25, 0.3) is 10.1 Å². The van der Waals surface area contributed by atoms with Crippen LogP contribution >= 0.6 is 10.3 Å². The third-order valence-corrected chi connectivity index (χ3v) is 7.46. The van der Waals surface area contributed by atoms with Gasteiger partial charge >= 0.3 is 0 Å². The van der Waals surface area contributed by atoms with E-state index in [9.17, 15) is 13.2 Å². The highest BCUT2D eigenvalue weighted by Gasteiger charge is 2.25. The molecule has 0 aliphatic rings. The van der Waals surface area contributed by atoms with E-state index in [0.717, 1.165) is 10.8 Å². The molecule has 0 fully saturated rings. The minimum atomic E-state index is -3.57. The van der Waals surface area contributed by atoms with Crippen molar-refractivity contribution in [3.8, 4) is 0 Å². The maximum absolute atomic E-state index is 12.5. The highest BCUT2D eigenvalue weighted by molar-refractivity contribution is 8.32. The van der Waals surface area contributed by atoms with E-state index in [-0.39, 0.29) is 17.3 Å². The largest absolute Gasteiger partial charge is 0.293 e. The second-order valence-corrected chi connectivity index (χ2v) is 11.1. The van der Waals surface area contributed by atoms with Crippen molar-refractivity contribution in [1.82, 2.24) is 0 Å². The molecule has 0 atom stereocenters. The summed E-state index contributed by atoms with van der Waals surface area (Å²) in [4.78, 5) is 12.5. The minimum absolute atomic E-state index is 0.0202. The number of hydrogen-bond donors (Lipinski definition) is 0. The number of hydrogen-bond acceptors (Lipinski definition) is 4. The van der Waals surface area contributed by atoms with Crippen LogP contribution in [0.4, 0.5) is 0 Å². The van der Waals surface area contributed by atoms with Crippen molar-refractivity contribution in [3.63, 3.8) is 0 Å². The van der Waals surface area contributed by atoms with Crippen molar-refractivity contribution >= 4 is 37.0 Å². The average molecular weight is 354 g/mol. The monoisotopic (exact) mass is 354 g/mol. The van der Waals surface area contributed by atoms with Crippen LogP contribution in [0.1, 0.15) is 23.7 Å². The molecule has 0 unspecified atom stereocenters. The van der Waals surface area contributed by atoms with Gasteiger partial charge in [-0.2, -0.15) is 8.42 Å². The Morgan fingerprint density at radius 3 is 2.35 bits per heavy atom. The van der Waals surface area contributed by atoms with Crippen molar-refractivity contribution in [3.05, 3.63) is 48.0 Å². The Morgan fingerprint density at radius 1 is 1.04 bits per heavy atom. The molecule has 2 aromatic carbocycles. The highest BCUT2D eigenvalue weighted by atomic mass is 32.3. The van der Waals surface area contributed by atoms with E-state index in [2.05, 4.69) is 0 Å². The van der Waals surface area contributed by atoms with Gasteiger partial charge in [-0.15, -0.1) is 10.3 Å². The molecule has 0 bridgehead atoms. The summed E-state index contributed by atoms with van der Waals surface area (Å²) in [6, 6.07) is 13.3. The normalized spacial score (nSPS) is 13.2. The second kappa shape index (κ2) is 7.03. The standard InChI is InChI=1S/C17H22O4S2/c1-4-11-23(19,20)21-22(2,3)13-17(18)16-10-9-14-7-5-6-8-15(14)12-16/h5-10,12H,4,11,13H2,1-3H3. The number of carbonyl (C=O) groups excluding carboxylic acids is 1. The zero-order chi connectivity index (χ0) is 17.1. The van der Waals surface area contributed by atoms with Crippen LogP contribution < -0.4 is 0 Å². The molecule has 6 heteroatoms. The molecule has 0 saturated heterocycles. The van der Waals surface area contributed by atoms with E-state index < -0.39 is 20.4 Å². The van der Waals surface area contributed by atoms with Crippen LogP contribution in [0.3, 0.4) is 0 Å². The molecule has 0 aromatic heterocycles. The first-order valence-corrected chi connectivity index (χ1v) is 11.5. The van der Waals surface area contributed by atoms with E-state index >= 15 is 0 Å². The fraction of sp³-hybridized carbons (Fsp3) is 0.353. The van der Waals surface area contributed by atoms with Gasteiger partial charge in [-0.05, 0) is 35.8 Å². The lowest BCUT2D eigenvalue weighted by atomic mass is 10.1. The highest BCUT2D eigenvalue weighted by Crippen LogP contribution is 2.43. The summed E-state index contributed by atoms with van der Waals surface area (Å²) in [5.41, 5.74) is 0.584. The lowest BCUT2D eigenvalue weighted by Gasteiger charge is -2.29. The van der Waals surface area contributed by atoms with Crippen LogP contribution in [0, 0.1) is 0 Å². The zero-order valence-electron chi connectivity index (χ0n) is 13.6. The molecule has 126 valence electrons. The van der Waals surface area contributed by atoms with Crippen LogP contribution in [0.25, 0.3) is 10.8 Å². The fourth-order valence-corrected chi connectivity index (χ4v) is 6.36. The Balaban J connectivity index is 2.16. The van der Waals surface area contributed by atoms with E-state index in [1.54, 1.807) is 25.5 Å². The molecule has 2 aromatic rings. The second-order valence-electron chi connectivity index (χ2n) is 5.90. The summed E-state index contributed by atoms with van der Waals surface area (Å²) in [7, 11) is -5.57. The lowest BCUT2D eigenvalue weighted by molar-refractivity contribution is 0.102. The van der Waals surface area contributed by atoms with Crippen LogP contribution in [0.15, 0.2) is 42.5 Å². The zero-order valence-corrected chi connectivity index (χ0v) is 15.2. The third kappa shape index (κ3) is 5.06. The third-order valence-electron chi connectivity index (χ3n) is 3.29. The van der Waals surface area contributed by atoms with Crippen LogP contribution in [-0.4, -0.2) is 38.2 Å². The van der Waals surface area contributed by atoms with E-state index in [4.69, 9.17) is 3.63 Å². The van der Waals surface area contributed by atoms with Crippen molar-refractivity contribution in [2.75, 3.05) is 24.0 Å². The molecular weight excluding hydrogens is 332 g/mol. The Hall–Kier alpha value is -1.37. The summed E-state index contributed by atoms with van der Waals surface area (Å²) >= 11 is 0. The van der Waals surface area contributed by atoms with Gasteiger partial charge in [0.15, 0.2) is 5.78 Å². The first-order chi connectivity index (χ1) is 10.7. The minimum Gasteiger partial charge on any atom is -0.293 e. The molecule has 0 heterocycles. The Bertz CT molecular complexity index is 810. The summed E-state index contributed by atoms with van der Waals surface area (Å²) in [6.45, 7) is 1.78. The summed E-state index contributed by atoms with van der Waals surface area (Å²) < 4.78 is 28.9. The van der Waals surface area contributed by atoms with Gasteiger partial charge in [-0.25, -0.2) is 3.63 Å². The molecule has 0 saturated carbocycles. The smallest absolute Gasteiger partial charge is 0.276 e. The predicted molar refractivity (Wildman–Crippen MR) is 97.7 cm³/mol. The molecule has 23 heavy (non-hydrogen) atoms. The molecule has 2 rings (SSSR count). The van der Waals surface area contributed by atoms with Gasteiger partial charge < -0.3 is 0 Å². The number of fused-ring (bicyclic) bond motifs is 1. The maximum Gasteiger partial charge on any atom is 0.276 e. The van der Waals surface area contributed by atoms with Crippen LogP contribution in [0.2, 0.25) is 0 Å². The van der Waals surface area contributed by atoms with Gasteiger partial charge in [-0.3, -0.25) is 4.79 Å². The number of ketones is 1. The number of carbonyl (C=O) groups is 1. The molecule has 0 radical (unpaired) electrons. The summed E-state index contributed by atoms with van der Waals surface area (Å²) in [5.74, 6) is -0.0236. The molecule has 0 spiro atoms. The van der Waals surface area contributed by atoms with Gasteiger partial charge in [0.05, 0.1) is 11.5 Å². The molecule has 0 aliphatic carbocycles. The van der Waals surface area contributed by atoms with Gasteiger partial charge in [0, 0.05) is 5.56 Å². The van der Waals surface area contributed by atoms with Crippen molar-refractivity contribution in [2.24, 2.45) is 0 Å². The predicted octanol–water partition coefficient (Wildman–Crippen LogP) is 3.76. The van der Waals surface area contributed by atoms with E-state index in [1.807, 2.05) is 36.4 Å². The van der Waals surface area contributed by atoms with Gasteiger partial charge in [-0.1, -0.05) is 43.3 Å². The van der Waals surface area contributed by atoms with Crippen molar-refractivity contribution < 1.29 is 16.8 Å². The van der Waals surface area contributed by atoms with Crippen LogP contribution in [0.5, 0.6) is 0 Å². The Kier molecular flexibility index (Phi) is 5.49. The molecule has 0 amide bonds. The molecular formula is C17H22O4S2. The van der Waals surface area contributed by atoms with Crippen LogP contribution in [-0.2, 0) is 13.7 Å². The van der Waals surface area contributed by atoms with E-state index in [0.29, 0.717) is 12.0 Å². The summed E-state index contributed by atoms with van der Waals surface area (Å²) in [6.07, 6.45) is 3.91. The molecule has 4 nitrogen and oxygen atoms in total. The lowest BCUT2D eigenvalue weighted by Crippen LogP contribution is -2.19.